The van der Waals surface area contributed by atoms with Gasteiger partial charge in [0.15, 0.2) is 0 Å². The van der Waals surface area contributed by atoms with Crippen LogP contribution in [0, 0.1) is 12.0 Å². The third-order valence-electron chi connectivity index (χ3n) is 2.44. The molecule has 0 amide bonds. The van der Waals surface area contributed by atoms with E-state index in [1.54, 1.807) is 0 Å². The van der Waals surface area contributed by atoms with Crippen molar-refractivity contribution >= 4 is 35.5 Å². The molecule has 0 aliphatic carbocycles. The van der Waals surface area contributed by atoms with Crippen molar-refractivity contribution in [1.29, 1.82) is 0 Å². The van der Waals surface area contributed by atoms with Gasteiger partial charge in [-0.3, -0.25) is 0 Å². The Balaban J connectivity index is -0.000000482. The predicted molar refractivity (Wildman–Crippen MR) is 97.4 cm³/mol. The van der Waals surface area contributed by atoms with Crippen LogP contribution in [0.4, 0.5) is 0 Å². The van der Waals surface area contributed by atoms with Gasteiger partial charge in [0.05, 0.1) is 6.61 Å². The number of para-hydroxylation sites is 1. The molecule has 0 N–H and O–H groups in total. The fourth-order valence-electron chi connectivity index (χ4n) is 1.53. The molecule has 0 atom stereocenters. The quantitative estimate of drug-likeness (QED) is 0.329. The molecular weight excluding hydrogens is 292 g/mol. The zero-order chi connectivity index (χ0) is 14.3. The van der Waals surface area contributed by atoms with Gasteiger partial charge in [0.2, 0.25) is 0 Å². The largest absolute Gasteiger partial charge is 2.00 e. The van der Waals surface area contributed by atoms with E-state index in [2.05, 4.69) is 33.8 Å². The summed E-state index contributed by atoms with van der Waals surface area (Å²) in [5.74, 6) is 2.28. The number of unbranched alkanes of at least 4 members (excludes halogenated alkanes) is 5. The van der Waals surface area contributed by atoms with Crippen molar-refractivity contribution in [3.63, 3.8) is 0 Å². The zero-order valence-corrected chi connectivity index (χ0v) is 16.5. The monoisotopic (exact) mass is 322 g/mol. The van der Waals surface area contributed by atoms with Gasteiger partial charge in [0.25, 0.3) is 0 Å². The molecule has 1 aromatic rings. The molecule has 0 saturated carbocycles. The average Bonchev–Trinajstić information content (AvgIpc) is 2.38. The van der Waals surface area contributed by atoms with Crippen LogP contribution in [0.5, 0.6) is 5.75 Å². The fourth-order valence-corrected chi connectivity index (χ4v) is 1.53. The maximum atomic E-state index is 5.56. The predicted octanol–water partition coefficient (Wildman–Crippen LogP) is 5.89. The molecule has 1 aromatic carbocycles. The van der Waals surface area contributed by atoms with E-state index < -0.39 is 0 Å². The van der Waals surface area contributed by atoms with Crippen LogP contribution >= 0.6 is 12.4 Å². The number of ether oxygens (including phenoxy) is 1. The molecule has 0 bridgehead atoms. The second kappa shape index (κ2) is 20.1. The van der Waals surface area contributed by atoms with Crippen molar-refractivity contribution < 1.29 is 4.74 Å². The van der Waals surface area contributed by atoms with Crippen LogP contribution < -0.4 is 4.74 Å². The number of rotatable bonds is 8. The summed E-state index contributed by atoms with van der Waals surface area (Å²) in [4.78, 5) is 0. The molecule has 0 spiro atoms. The van der Waals surface area contributed by atoms with Crippen LogP contribution in [-0.2, 0) is 0 Å². The number of hydrogen-bond acceptors (Lipinski definition) is 1. The van der Waals surface area contributed by atoms with Gasteiger partial charge in [0.1, 0.15) is 0 Å². The third kappa shape index (κ3) is 22.5. The molecule has 0 saturated heterocycles. The molecule has 1 nitrogen and oxygen atoms in total. The fraction of sp³-hybridized carbons (Fsp3) is 0.611. The van der Waals surface area contributed by atoms with E-state index in [9.17, 15) is 0 Å². The van der Waals surface area contributed by atoms with Gasteiger partial charge in [-0.05, 0) is 6.42 Å². The summed E-state index contributed by atoms with van der Waals surface area (Å²) >= 11 is 0. The summed E-state index contributed by atoms with van der Waals surface area (Å²) in [6, 6.07) is 10.8. The Morgan fingerprint density at radius 3 is 2.10 bits per heavy atom. The van der Waals surface area contributed by atoms with Gasteiger partial charge in [-0.2, -0.15) is 39.0 Å². The first-order valence-corrected chi connectivity index (χ1v) is 7.53. The van der Waals surface area contributed by atoms with Gasteiger partial charge in [-0.15, -0.1) is 24.5 Å². The van der Waals surface area contributed by atoms with Crippen LogP contribution in [0.15, 0.2) is 24.3 Å². The van der Waals surface area contributed by atoms with Gasteiger partial charge in [0, 0.05) is 5.75 Å². The summed E-state index contributed by atoms with van der Waals surface area (Å²) < 4.78 is 5.56. The van der Waals surface area contributed by atoms with Crippen LogP contribution in [0.25, 0.3) is 0 Å². The minimum atomic E-state index is 0. The number of benzene rings is 1. The van der Waals surface area contributed by atoms with E-state index in [0.717, 1.165) is 18.8 Å². The van der Waals surface area contributed by atoms with E-state index in [-0.39, 0.29) is 35.5 Å². The Bertz CT molecular complexity index is 275. The normalized spacial score (nSPS) is 9.00. The first kappa shape index (κ1) is 26.0. The molecule has 0 heterocycles. The standard InChI is InChI=1S/C14H21O.C4H9.ClH.Mg/c1-2-3-4-5-6-10-13-15-14-11-8-7-9-12-14;1-4(2)3;;/h7-9,11H,2-6,10,13H2,1H3;1-3H3;1H;/q2*-1;;+2. The van der Waals surface area contributed by atoms with Crippen molar-refractivity contribution in [3.05, 3.63) is 36.2 Å². The second-order valence-electron chi connectivity index (χ2n) is 5.34. The number of hydrogen-bond donors (Lipinski definition) is 0. The van der Waals surface area contributed by atoms with Crippen molar-refractivity contribution in [1.82, 2.24) is 0 Å². The number of halogens is 1. The summed E-state index contributed by atoms with van der Waals surface area (Å²) in [6.45, 7) is 9.32. The van der Waals surface area contributed by atoms with Crippen molar-refractivity contribution in [3.8, 4) is 5.75 Å². The molecule has 1 rings (SSSR count). The van der Waals surface area contributed by atoms with Crippen LogP contribution in [0.3, 0.4) is 0 Å². The first-order valence-electron chi connectivity index (χ1n) is 7.53. The SMILES string of the molecule is CCCCCCCCOc1[c-]cccc1.C[C-](C)C.Cl.[Mg+2]. The van der Waals surface area contributed by atoms with Gasteiger partial charge in [-0.1, -0.05) is 39.0 Å². The molecule has 21 heavy (non-hydrogen) atoms. The third-order valence-corrected chi connectivity index (χ3v) is 2.44. The van der Waals surface area contributed by atoms with Crippen LogP contribution in [0.2, 0.25) is 0 Å². The summed E-state index contributed by atoms with van der Waals surface area (Å²) in [5.41, 5.74) is 0. The zero-order valence-electron chi connectivity index (χ0n) is 14.3. The van der Waals surface area contributed by atoms with E-state index in [1.807, 2.05) is 24.3 Å². The molecular formula is C18H31ClMgO. The van der Waals surface area contributed by atoms with Crippen LogP contribution in [-0.4, -0.2) is 29.7 Å². The Hall–Kier alpha value is 0.0762. The summed E-state index contributed by atoms with van der Waals surface area (Å²) in [7, 11) is 0. The molecule has 0 fully saturated rings. The minimum absolute atomic E-state index is 0. The van der Waals surface area contributed by atoms with Gasteiger partial charge in [-0.25, -0.2) is 0 Å². The van der Waals surface area contributed by atoms with Gasteiger partial charge < -0.3 is 10.7 Å². The van der Waals surface area contributed by atoms with Crippen molar-refractivity contribution in [2.45, 2.75) is 66.2 Å². The van der Waals surface area contributed by atoms with Crippen molar-refractivity contribution in [2.75, 3.05) is 6.61 Å². The Kier molecular flexibility index (Phi) is 24.9. The average molecular weight is 323 g/mol. The van der Waals surface area contributed by atoms with E-state index in [4.69, 9.17) is 4.74 Å². The first-order chi connectivity index (χ1) is 9.16. The van der Waals surface area contributed by atoms with Crippen LogP contribution in [0.1, 0.15) is 66.2 Å². The molecule has 0 radical (unpaired) electrons. The second-order valence-corrected chi connectivity index (χ2v) is 5.34. The molecule has 0 unspecified atom stereocenters. The maximum absolute atomic E-state index is 5.56. The molecule has 0 aliphatic heterocycles. The molecule has 118 valence electrons. The van der Waals surface area contributed by atoms with Crippen molar-refractivity contribution in [2.24, 2.45) is 0 Å². The van der Waals surface area contributed by atoms with Gasteiger partial charge >= 0.3 is 23.1 Å². The molecule has 0 aromatic heterocycles. The Morgan fingerprint density at radius 2 is 1.57 bits per heavy atom. The maximum Gasteiger partial charge on any atom is 2.00 e. The van der Waals surface area contributed by atoms with E-state index in [1.165, 1.54) is 38.0 Å². The summed E-state index contributed by atoms with van der Waals surface area (Å²) in [6.07, 6.45) is 7.84. The van der Waals surface area contributed by atoms with E-state index >= 15 is 0 Å². The minimum Gasteiger partial charge on any atom is -0.519 e. The smallest absolute Gasteiger partial charge is 0.519 e. The molecule has 3 heteroatoms. The Morgan fingerprint density at radius 1 is 1.00 bits per heavy atom. The van der Waals surface area contributed by atoms with E-state index in [0.29, 0.717) is 0 Å². The molecule has 0 aliphatic rings. The summed E-state index contributed by atoms with van der Waals surface area (Å²) in [5, 5.41) is 0. The topological polar surface area (TPSA) is 9.23 Å². The Labute approximate surface area is 154 Å².